The minimum Gasteiger partial charge on any atom is -0.356 e. The topological polar surface area (TPSA) is 71.0 Å². The number of benzene rings is 1. The molecule has 1 atom stereocenters. The summed E-state index contributed by atoms with van der Waals surface area (Å²) in [5.41, 5.74) is 1.84. The molecule has 4 aromatic rings. The number of aromatic nitrogens is 3. The van der Waals surface area contributed by atoms with Crippen molar-refractivity contribution in [3.05, 3.63) is 99.4 Å². The second-order valence-corrected chi connectivity index (χ2v) is 7.28. The number of hydrogen-bond acceptors (Lipinski definition) is 3. The average molecular weight is 407 g/mol. The van der Waals surface area contributed by atoms with Gasteiger partial charge >= 0.3 is 0 Å². The maximum Gasteiger partial charge on any atom is 0.271 e. The highest BCUT2D eigenvalue weighted by Crippen LogP contribution is 2.29. The fourth-order valence-corrected chi connectivity index (χ4v) is 3.60. The number of carbonyl (C=O) groups excluding carboxylic acids is 1. The number of amides is 1. The lowest BCUT2D eigenvalue weighted by atomic mass is 10.0. The van der Waals surface area contributed by atoms with Gasteiger partial charge in [0.15, 0.2) is 0 Å². The molecule has 4 rings (SSSR count). The van der Waals surface area contributed by atoms with Crippen LogP contribution in [0.25, 0.3) is 10.8 Å². The third-order valence-corrected chi connectivity index (χ3v) is 5.26. The van der Waals surface area contributed by atoms with E-state index in [1.54, 1.807) is 55.8 Å². The predicted octanol–water partition coefficient (Wildman–Crippen LogP) is 3.78. The van der Waals surface area contributed by atoms with E-state index in [2.05, 4.69) is 9.97 Å². The standard InChI is InChI=1S/C22H19ClN4O2/c1-26-12-10-16-17(21(26)28)13-25-19(16)22(29)27(2)20(18-5-3-4-11-24-18)14-6-8-15(23)9-7-14/h3-13,20,25H,1-2H3. The smallest absolute Gasteiger partial charge is 0.271 e. The van der Waals surface area contributed by atoms with Crippen LogP contribution < -0.4 is 5.56 Å². The van der Waals surface area contributed by atoms with Gasteiger partial charge < -0.3 is 14.5 Å². The van der Waals surface area contributed by atoms with Crippen molar-refractivity contribution in [3.63, 3.8) is 0 Å². The number of halogens is 1. The van der Waals surface area contributed by atoms with E-state index in [0.29, 0.717) is 21.5 Å². The molecule has 1 aromatic carbocycles. The molecule has 1 amide bonds. The summed E-state index contributed by atoms with van der Waals surface area (Å²) in [7, 11) is 3.41. The van der Waals surface area contributed by atoms with E-state index >= 15 is 0 Å². The van der Waals surface area contributed by atoms with Crippen molar-refractivity contribution < 1.29 is 4.79 Å². The zero-order valence-corrected chi connectivity index (χ0v) is 16.7. The van der Waals surface area contributed by atoms with Gasteiger partial charge in [-0.25, -0.2) is 0 Å². The number of fused-ring (bicyclic) bond motifs is 1. The zero-order valence-electron chi connectivity index (χ0n) is 16.0. The number of nitrogens with one attached hydrogen (secondary N) is 1. The molecule has 0 aliphatic carbocycles. The highest BCUT2D eigenvalue weighted by Gasteiger charge is 2.27. The van der Waals surface area contributed by atoms with E-state index in [1.165, 1.54) is 4.57 Å². The summed E-state index contributed by atoms with van der Waals surface area (Å²) in [6, 6.07) is 14.3. The molecule has 3 heterocycles. The number of aromatic amines is 1. The Balaban J connectivity index is 1.79. The number of rotatable bonds is 4. The van der Waals surface area contributed by atoms with Crippen LogP contribution >= 0.6 is 11.6 Å². The molecule has 7 heteroatoms. The van der Waals surface area contributed by atoms with Crippen LogP contribution in [0.4, 0.5) is 0 Å². The molecule has 0 radical (unpaired) electrons. The minimum absolute atomic E-state index is 0.153. The monoisotopic (exact) mass is 406 g/mol. The summed E-state index contributed by atoms with van der Waals surface area (Å²) in [4.78, 5) is 34.8. The Kier molecular flexibility index (Phi) is 4.94. The van der Waals surface area contributed by atoms with Crippen LogP contribution in [0.1, 0.15) is 27.8 Å². The van der Waals surface area contributed by atoms with E-state index in [9.17, 15) is 9.59 Å². The Morgan fingerprint density at radius 3 is 2.59 bits per heavy atom. The molecule has 0 aliphatic rings. The maximum absolute atomic E-state index is 13.4. The van der Waals surface area contributed by atoms with E-state index < -0.39 is 6.04 Å². The molecular formula is C22H19ClN4O2. The first-order valence-electron chi connectivity index (χ1n) is 9.07. The molecule has 146 valence electrons. The first kappa shape index (κ1) is 19.0. The van der Waals surface area contributed by atoms with E-state index in [-0.39, 0.29) is 11.5 Å². The van der Waals surface area contributed by atoms with Gasteiger partial charge in [-0.15, -0.1) is 0 Å². The van der Waals surface area contributed by atoms with Crippen molar-refractivity contribution in [2.24, 2.45) is 7.05 Å². The summed E-state index contributed by atoms with van der Waals surface area (Å²) in [6.07, 6.45) is 4.94. The average Bonchev–Trinajstić information content (AvgIpc) is 3.17. The number of pyridine rings is 2. The molecule has 1 unspecified atom stereocenters. The minimum atomic E-state index is -0.411. The fourth-order valence-electron chi connectivity index (χ4n) is 3.47. The lowest BCUT2D eigenvalue weighted by Crippen LogP contribution is -2.33. The second kappa shape index (κ2) is 7.56. The van der Waals surface area contributed by atoms with Gasteiger partial charge in [0.25, 0.3) is 11.5 Å². The van der Waals surface area contributed by atoms with Gasteiger partial charge in [-0.2, -0.15) is 0 Å². The number of H-pyrrole nitrogens is 1. The van der Waals surface area contributed by atoms with Gasteiger partial charge in [-0.05, 0) is 35.9 Å². The van der Waals surface area contributed by atoms with Crippen LogP contribution in [0.3, 0.4) is 0 Å². The molecule has 0 spiro atoms. The summed E-state index contributed by atoms with van der Waals surface area (Å²) >= 11 is 6.05. The Bertz CT molecular complexity index is 1230. The highest BCUT2D eigenvalue weighted by molar-refractivity contribution is 6.30. The fraction of sp³-hybridized carbons (Fsp3) is 0.136. The van der Waals surface area contributed by atoms with Gasteiger partial charge in [-0.1, -0.05) is 29.8 Å². The van der Waals surface area contributed by atoms with Crippen molar-refractivity contribution in [1.82, 2.24) is 19.4 Å². The Morgan fingerprint density at radius 2 is 1.90 bits per heavy atom. The second-order valence-electron chi connectivity index (χ2n) is 6.85. The molecule has 0 bridgehead atoms. The summed E-state index contributed by atoms with van der Waals surface area (Å²) in [5, 5.41) is 1.70. The number of hydrogen-bond donors (Lipinski definition) is 1. The van der Waals surface area contributed by atoms with Gasteiger partial charge in [0.05, 0.1) is 17.1 Å². The van der Waals surface area contributed by atoms with Crippen LogP contribution in [-0.4, -0.2) is 32.4 Å². The normalized spacial score (nSPS) is 12.1. The van der Waals surface area contributed by atoms with Gasteiger partial charge in [-0.3, -0.25) is 14.6 Å². The van der Waals surface area contributed by atoms with E-state index in [1.807, 2.05) is 30.3 Å². The first-order chi connectivity index (χ1) is 14.0. The maximum atomic E-state index is 13.4. The number of carbonyl (C=O) groups is 1. The van der Waals surface area contributed by atoms with Crippen molar-refractivity contribution in [3.8, 4) is 0 Å². The van der Waals surface area contributed by atoms with E-state index in [0.717, 1.165) is 11.3 Å². The zero-order chi connectivity index (χ0) is 20.5. The molecule has 0 aliphatic heterocycles. The van der Waals surface area contributed by atoms with Gasteiger partial charge in [0.2, 0.25) is 0 Å². The van der Waals surface area contributed by atoms with Crippen molar-refractivity contribution in [1.29, 1.82) is 0 Å². The van der Waals surface area contributed by atoms with Crippen molar-refractivity contribution in [2.75, 3.05) is 7.05 Å². The Hall–Kier alpha value is -3.38. The summed E-state index contributed by atoms with van der Waals surface area (Å²) in [6.45, 7) is 0. The molecule has 29 heavy (non-hydrogen) atoms. The molecule has 0 saturated carbocycles. The molecule has 1 N–H and O–H groups in total. The lowest BCUT2D eigenvalue weighted by molar-refractivity contribution is 0.0749. The van der Waals surface area contributed by atoms with Crippen LogP contribution in [0.15, 0.2) is 71.9 Å². The summed E-state index contributed by atoms with van der Waals surface area (Å²) < 4.78 is 1.48. The molecule has 6 nitrogen and oxygen atoms in total. The van der Waals surface area contributed by atoms with Crippen LogP contribution in [-0.2, 0) is 7.05 Å². The third-order valence-electron chi connectivity index (χ3n) is 5.01. The van der Waals surface area contributed by atoms with Crippen LogP contribution in [0.5, 0.6) is 0 Å². The summed E-state index contributed by atoms with van der Waals surface area (Å²) in [5.74, 6) is -0.237. The van der Waals surface area contributed by atoms with Gasteiger partial charge in [0, 0.05) is 43.1 Å². The van der Waals surface area contributed by atoms with Gasteiger partial charge in [0.1, 0.15) is 5.69 Å². The van der Waals surface area contributed by atoms with Crippen molar-refractivity contribution in [2.45, 2.75) is 6.04 Å². The van der Waals surface area contributed by atoms with E-state index in [4.69, 9.17) is 11.6 Å². The predicted molar refractivity (Wildman–Crippen MR) is 113 cm³/mol. The SMILES string of the molecule is CN(C(=O)c1[nH]cc2c(=O)n(C)ccc12)C(c1ccc(Cl)cc1)c1ccccn1. The number of nitrogens with zero attached hydrogens (tertiary/aromatic N) is 3. The third kappa shape index (κ3) is 3.43. The molecule has 0 saturated heterocycles. The lowest BCUT2D eigenvalue weighted by Gasteiger charge is -2.28. The molecule has 3 aromatic heterocycles. The quantitative estimate of drug-likeness (QED) is 0.560. The van der Waals surface area contributed by atoms with Crippen LogP contribution in [0, 0.1) is 0 Å². The van der Waals surface area contributed by atoms with Crippen molar-refractivity contribution >= 4 is 28.3 Å². The highest BCUT2D eigenvalue weighted by atomic mass is 35.5. The largest absolute Gasteiger partial charge is 0.356 e. The number of aryl methyl sites for hydroxylation is 1. The Labute approximate surface area is 172 Å². The molecular weight excluding hydrogens is 388 g/mol. The molecule has 0 fully saturated rings. The first-order valence-corrected chi connectivity index (χ1v) is 9.45. The van der Waals surface area contributed by atoms with Crippen LogP contribution in [0.2, 0.25) is 5.02 Å². The Morgan fingerprint density at radius 1 is 1.14 bits per heavy atom.